The summed E-state index contributed by atoms with van der Waals surface area (Å²) in [6, 6.07) is 5.95. The van der Waals surface area contributed by atoms with E-state index in [2.05, 4.69) is 5.16 Å². The number of benzene rings is 1. The molecule has 0 N–H and O–H groups in total. The van der Waals surface area contributed by atoms with Crippen molar-refractivity contribution in [3.8, 4) is 11.8 Å². The standard InChI is InChI=1S/C13H11FN2O2/c1-8-11(9(2)18-16-8)7-17-13-4-3-10(6-15)5-12(13)14/h3-5H,7H2,1-2H3. The van der Waals surface area contributed by atoms with Crippen LogP contribution in [-0.4, -0.2) is 5.16 Å². The summed E-state index contributed by atoms with van der Waals surface area (Å²) in [7, 11) is 0. The van der Waals surface area contributed by atoms with Crippen LogP contribution in [-0.2, 0) is 6.61 Å². The Kier molecular flexibility index (Phi) is 3.28. The number of nitrogens with zero attached hydrogens (tertiary/aromatic N) is 2. The number of nitriles is 1. The third-order valence-electron chi connectivity index (χ3n) is 2.61. The SMILES string of the molecule is Cc1noc(C)c1COc1ccc(C#N)cc1F. The summed E-state index contributed by atoms with van der Waals surface area (Å²) in [5.41, 5.74) is 1.79. The molecule has 0 aliphatic rings. The highest BCUT2D eigenvalue weighted by Gasteiger charge is 2.11. The molecular formula is C13H11FN2O2. The molecule has 92 valence electrons. The molecular weight excluding hydrogens is 235 g/mol. The molecule has 0 spiro atoms. The quantitative estimate of drug-likeness (QED) is 0.835. The first-order valence-corrected chi connectivity index (χ1v) is 5.36. The third-order valence-corrected chi connectivity index (χ3v) is 2.61. The zero-order valence-electron chi connectivity index (χ0n) is 10.0. The van der Waals surface area contributed by atoms with Gasteiger partial charge >= 0.3 is 0 Å². The molecule has 18 heavy (non-hydrogen) atoms. The molecule has 1 aromatic carbocycles. The fourth-order valence-corrected chi connectivity index (χ4v) is 1.55. The predicted octanol–water partition coefficient (Wildman–Crippen LogP) is 2.88. The Morgan fingerprint density at radius 1 is 1.44 bits per heavy atom. The average molecular weight is 246 g/mol. The van der Waals surface area contributed by atoms with E-state index in [0.717, 1.165) is 17.3 Å². The minimum Gasteiger partial charge on any atom is -0.486 e. The Hall–Kier alpha value is -2.35. The molecule has 0 amide bonds. The van der Waals surface area contributed by atoms with Crippen molar-refractivity contribution in [3.05, 3.63) is 46.6 Å². The normalized spacial score (nSPS) is 10.1. The second kappa shape index (κ2) is 4.88. The van der Waals surface area contributed by atoms with Gasteiger partial charge in [0.15, 0.2) is 11.6 Å². The number of hydrogen-bond donors (Lipinski definition) is 0. The van der Waals surface area contributed by atoms with Gasteiger partial charge in [0.1, 0.15) is 12.4 Å². The van der Waals surface area contributed by atoms with Crippen LogP contribution in [0.2, 0.25) is 0 Å². The number of hydrogen-bond acceptors (Lipinski definition) is 4. The lowest BCUT2D eigenvalue weighted by atomic mass is 10.2. The Balaban J connectivity index is 2.14. The Bertz CT molecular complexity index is 594. The first kappa shape index (κ1) is 12.1. The van der Waals surface area contributed by atoms with Crippen LogP contribution < -0.4 is 4.74 Å². The van der Waals surface area contributed by atoms with Crippen molar-refractivity contribution in [2.75, 3.05) is 0 Å². The highest BCUT2D eigenvalue weighted by Crippen LogP contribution is 2.21. The predicted molar refractivity (Wildman–Crippen MR) is 61.4 cm³/mol. The number of aromatic nitrogens is 1. The zero-order chi connectivity index (χ0) is 13.1. The van der Waals surface area contributed by atoms with E-state index in [9.17, 15) is 4.39 Å². The monoisotopic (exact) mass is 246 g/mol. The average Bonchev–Trinajstić information content (AvgIpc) is 2.68. The van der Waals surface area contributed by atoms with Gasteiger partial charge in [-0.15, -0.1) is 0 Å². The van der Waals surface area contributed by atoms with Gasteiger partial charge in [-0.3, -0.25) is 0 Å². The van der Waals surface area contributed by atoms with Crippen molar-refractivity contribution in [2.45, 2.75) is 20.5 Å². The maximum Gasteiger partial charge on any atom is 0.166 e. The smallest absolute Gasteiger partial charge is 0.166 e. The van der Waals surface area contributed by atoms with E-state index in [0.29, 0.717) is 5.76 Å². The van der Waals surface area contributed by atoms with E-state index in [1.54, 1.807) is 13.8 Å². The fourth-order valence-electron chi connectivity index (χ4n) is 1.55. The molecule has 0 saturated heterocycles. The second-order valence-electron chi connectivity index (χ2n) is 3.85. The molecule has 2 rings (SSSR count). The van der Waals surface area contributed by atoms with Gasteiger partial charge in [0.25, 0.3) is 0 Å². The lowest BCUT2D eigenvalue weighted by Crippen LogP contribution is -1.99. The summed E-state index contributed by atoms with van der Waals surface area (Å²) >= 11 is 0. The van der Waals surface area contributed by atoms with Crippen molar-refractivity contribution in [2.24, 2.45) is 0 Å². The summed E-state index contributed by atoms with van der Waals surface area (Å²) in [6.07, 6.45) is 0. The molecule has 1 aromatic heterocycles. The van der Waals surface area contributed by atoms with Crippen LogP contribution in [0.25, 0.3) is 0 Å². The lowest BCUT2D eigenvalue weighted by Gasteiger charge is -2.06. The van der Waals surface area contributed by atoms with Gasteiger partial charge in [0.2, 0.25) is 0 Å². The number of ether oxygens (including phenoxy) is 1. The molecule has 2 aromatic rings. The third kappa shape index (κ3) is 2.33. The van der Waals surface area contributed by atoms with Gasteiger partial charge in [-0.1, -0.05) is 5.16 Å². The summed E-state index contributed by atoms with van der Waals surface area (Å²) in [6.45, 7) is 3.75. The van der Waals surface area contributed by atoms with Crippen LogP contribution in [0.5, 0.6) is 5.75 Å². The van der Waals surface area contributed by atoms with Crippen molar-refractivity contribution < 1.29 is 13.7 Å². The van der Waals surface area contributed by atoms with Crippen LogP contribution in [0.1, 0.15) is 22.6 Å². The topological polar surface area (TPSA) is 59.1 Å². The molecule has 0 saturated carbocycles. The Morgan fingerprint density at radius 2 is 2.22 bits per heavy atom. The van der Waals surface area contributed by atoms with Crippen LogP contribution in [0, 0.1) is 31.0 Å². The minimum absolute atomic E-state index is 0.106. The van der Waals surface area contributed by atoms with Crippen molar-refractivity contribution in [1.82, 2.24) is 5.16 Å². The molecule has 0 radical (unpaired) electrons. The van der Waals surface area contributed by atoms with Crippen molar-refractivity contribution >= 4 is 0 Å². The van der Waals surface area contributed by atoms with Crippen LogP contribution in [0.15, 0.2) is 22.7 Å². The highest BCUT2D eigenvalue weighted by molar-refractivity contribution is 5.36. The van der Waals surface area contributed by atoms with Gasteiger partial charge in [-0.25, -0.2) is 4.39 Å². The minimum atomic E-state index is -0.555. The van der Waals surface area contributed by atoms with Gasteiger partial charge in [-0.05, 0) is 32.0 Å². The summed E-state index contributed by atoms with van der Waals surface area (Å²) < 4.78 is 23.9. The number of halogens is 1. The molecule has 1 heterocycles. The van der Waals surface area contributed by atoms with Gasteiger partial charge in [0, 0.05) is 0 Å². The van der Waals surface area contributed by atoms with Crippen molar-refractivity contribution in [3.63, 3.8) is 0 Å². The molecule has 4 nitrogen and oxygen atoms in total. The van der Waals surface area contributed by atoms with Gasteiger partial charge < -0.3 is 9.26 Å². The van der Waals surface area contributed by atoms with E-state index in [4.69, 9.17) is 14.5 Å². The Labute approximate surface area is 104 Å². The summed E-state index contributed by atoms with van der Waals surface area (Å²) in [4.78, 5) is 0. The molecule has 0 bridgehead atoms. The van der Waals surface area contributed by atoms with Crippen LogP contribution in [0.3, 0.4) is 0 Å². The zero-order valence-corrected chi connectivity index (χ0v) is 10.0. The van der Waals surface area contributed by atoms with E-state index in [1.807, 2.05) is 6.07 Å². The first-order chi connectivity index (χ1) is 8.61. The molecule has 0 aliphatic carbocycles. The number of rotatable bonds is 3. The van der Waals surface area contributed by atoms with E-state index >= 15 is 0 Å². The molecule has 5 heteroatoms. The van der Waals surface area contributed by atoms with Crippen molar-refractivity contribution in [1.29, 1.82) is 5.26 Å². The van der Waals surface area contributed by atoms with E-state index < -0.39 is 5.82 Å². The Morgan fingerprint density at radius 3 is 2.78 bits per heavy atom. The largest absolute Gasteiger partial charge is 0.486 e. The van der Waals surface area contributed by atoms with E-state index in [1.165, 1.54) is 12.1 Å². The van der Waals surface area contributed by atoms with Crippen LogP contribution >= 0.6 is 0 Å². The maximum atomic E-state index is 13.6. The van der Waals surface area contributed by atoms with Gasteiger partial charge in [-0.2, -0.15) is 5.26 Å². The second-order valence-corrected chi connectivity index (χ2v) is 3.85. The van der Waals surface area contributed by atoms with E-state index in [-0.39, 0.29) is 17.9 Å². The molecule has 0 atom stereocenters. The maximum absolute atomic E-state index is 13.6. The number of aryl methyl sites for hydroxylation is 2. The molecule has 0 fully saturated rings. The van der Waals surface area contributed by atoms with Gasteiger partial charge in [0.05, 0.1) is 22.9 Å². The summed E-state index contributed by atoms with van der Waals surface area (Å²) in [5.74, 6) is 0.205. The molecule has 0 unspecified atom stereocenters. The first-order valence-electron chi connectivity index (χ1n) is 5.36. The molecule has 0 aliphatic heterocycles. The summed E-state index contributed by atoms with van der Waals surface area (Å²) in [5, 5.41) is 12.4. The lowest BCUT2D eigenvalue weighted by molar-refractivity contribution is 0.286. The highest BCUT2D eigenvalue weighted by atomic mass is 19.1. The van der Waals surface area contributed by atoms with Crippen LogP contribution in [0.4, 0.5) is 4.39 Å². The fraction of sp³-hybridized carbons (Fsp3) is 0.231.